The fraction of sp³-hybridized carbons (Fsp3) is 0.200. The van der Waals surface area contributed by atoms with Crippen LogP contribution in [-0.2, 0) is 6.42 Å². The van der Waals surface area contributed by atoms with E-state index in [0.717, 1.165) is 5.01 Å². The molecule has 0 bridgehead atoms. The third kappa shape index (κ3) is 3.38. The maximum absolute atomic E-state index is 12.0. The fourth-order valence-electron chi connectivity index (χ4n) is 1.28. The summed E-state index contributed by atoms with van der Waals surface area (Å²) in [4.78, 5) is 23.6. The second-order valence-corrected chi connectivity index (χ2v) is 5.11. The molecular weight excluding hydrogens is 309 g/mol. The van der Waals surface area contributed by atoms with Gasteiger partial charge in [0.1, 0.15) is 17.7 Å². The van der Waals surface area contributed by atoms with Crippen LogP contribution in [0.4, 0.5) is 5.69 Å². The molecule has 0 aromatic carbocycles. The molecule has 0 spiro atoms. The van der Waals surface area contributed by atoms with Gasteiger partial charge in [-0.3, -0.25) is 4.79 Å². The van der Waals surface area contributed by atoms with E-state index in [1.807, 2.05) is 0 Å². The molecule has 0 radical (unpaired) electrons. The third-order valence-corrected chi connectivity index (χ3v) is 3.62. The van der Waals surface area contributed by atoms with Crippen LogP contribution in [0.15, 0.2) is 11.7 Å². The quantitative estimate of drug-likeness (QED) is 0.841. The Kier molecular flexibility index (Phi) is 4.65. The number of aromatic nitrogens is 3. The summed E-state index contributed by atoms with van der Waals surface area (Å²) in [6.07, 6.45) is 1.84. The van der Waals surface area contributed by atoms with Crippen molar-refractivity contribution in [2.24, 2.45) is 5.73 Å². The Hall–Kier alpha value is -1.28. The lowest BCUT2D eigenvalue weighted by molar-refractivity contribution is 0.102. The van der Waals surface area contributed by atoms with E-state index in [0.29, 0.717) is 13.0 Å². The van der Waals surface area contributed by atoms with Crippen molar-refractivity contribution in [3.8, 4) is 0 Å². The zero-order valence-corrected chi connectivity index (χ0v) is 11.9. The number of amides is 1. The van der Waals surface area contributed by atoms with Crippen molar-refractivity contribution in [1.29, 1.82) is 0 Å². The highest BCUT2D eigenvalue weighted by Crippen LogP contribution is 2.26. The highest BCUT2D eigenvalue weighted by molar-refractivity contribution is 7.09. The maximum atomic E-state index is 12.0. The first-order valence-corrected chi connectivity index (χ1v) is 6.87. The SMILES string of the molecule is NCCc1nc(C(=O)Nc2c(Cl)ncnc2Cl)cs1. The van der Waals surface area contributed by atoms with E-state index in [1.54, 1.807) is 5.38 Å². The zero-order valence-electron chi connectivity index (χ0n) is 9.56. The van der Waals surface area contributed by atoms with Gasteiger partial charge in [-0.05, 0) is 6.54 Å². The van der Waals surface area contributed by atoms with Gasteiger partial charge in [-0.2, -0.15) is 0 Å². The number of halogens is 2. The van der Waals surface area contributed by atoms with Crippen molar-refractivity contribution in [2.75, 3.05) is 11.9 Å². The summed E-state index contributed by atoms with van der Waals surface area (Å²) in [6, 6.07) is 0. The number of hydrogen-bond acceptors (Lipinski definition) is 6. The number of thiazole rings is 1. The number of rotatable bonds is 4. The van der Waals surface area contributed by atoms with Crippen molar-refractivity contribution < 1.29 is 4.79 Å². The van der Waals surface area contributed by atoms with Crippen molar-refractivity contribution in [1.82, 2.24) is 15.0 Å². The van der Waals surface area contributed by atoms with E-state index >= 15 is 0 Å². The summed E-state index contributed by atoms with van der Waals surface area (Å²) in [5.41, 5.74) is 5.88. The van der Waals surface area contributed by atoms with Crippen LogP contribution >= 0.6 is 34.5 Å². The summed E-state index contributed by atoms with van der Waals surface area (Å²) >= 11 is 13.0. The number of nitrogens with zero attached hydrogens (tertiary/aromatic N) is 3. The van der Waals surface area contributed by atoms with Gasteiger partial charge >= 0.3 is 0 Å². The lowest BCUT2D eigenvalue weighted by atomic mass is 10.4. The third-order valence-electron chi connectivity index (χ3n) is 2.14. The summed E-state index contributed by atoms with van der Waals surface area (Å²) in [7, 11) is 0. The van der Waals surface area contributed by atoms with Gasteiger partial charge in [-0.1, -0.05) is 23.2 Å². The Balaban J connectivity index is 2.16. The fourth-order valence-corrected chi connectivity index (χ4v) is 2.48. The first-order valence-electron chi connectivity index (χ1n) is 5.23. The summed E-state index contributed by atoms with van der Waals surface area (Å²) in [5.74, 6) is -0.418. The van der Waals surface area contributed by atoms with Gasteiger partial charge in [-0.25, -0.2) is 15.0 Å². The van der Waals surface area contributed by atoms with Crippen LogP contribution in [0.1, 0.15) is 15.5 Å². The number of carbonyl (C=O) groups excluding carboxylic acids is 1. The average Bonchev–Trinajstić information content (AvgIpc) is 2.83. The summed E-state index contributed by atoms with van der Waals surface area (Å²) in [6.45, 7) is 0.485. The summed E-state index contributed by atoms with van der Waals surface area (Å²) in [5, 5.41) is 5.13. The molecule has 3 N–H and O–H groups in total. The smallest absolute Gasteiger partial charge is 0.275 e. The minimum atomic E-state index is -0.418. The van der Waals surface area contributed by atoms with Crippen LogP contribution in [0.3, 0.4) is 0 Å². The van der Waals surface area contributed by atoms with E-state index in [2.05, 4.69) is 20.3 Å². The van der Waals surface area contributed by atoms with E-state index in [1.165, 1.54) is 17.7 Å². The summed E-state index contributed by atoms with van der Waals surface area (Å²) < 4.78 is 0. The highest BCUT2D eigenvalue weighted by Gasteiger charge is 2.15. The topological polar surface area (TPSA) is 93.8 Å². The number of carbonyl (C=O) groups is 1. The predicted molar refractivity (Wildman–Crippen MR) is 74.9 cm³/mol. The second-order valence-electron chi connectivity index (χ2n) is 3.45. The van der Waals surface area contributed by atoms with Gasteiger partial charge in [0.25, 0.3) is 5.91 Å². The van der Waals surface area contributed by atoms with Crippen LogP contribution in [0, 0.1) is 0 Å². The lowest BCUT2D eigenvalue weighted by Crippen LogP contribution is -2.14. The zero-order chi connectivity index (χ0) is 13.8. The Labute approximate surface area is 123 Å². The first-order chi connectivity index (χ1) is 9.11. The highest BCUT2D eigenvalue weighted by atomic mass is 35.5. The molecule has 0 aliphatic heterocycles. The lowest BCUT2D eigenvalue weighted by Gasteiger charge is -2.05. The normalized spacial score (nSPS) is 10.5. The van der Waals surface area contributed by atoms with Crippen molar-refractivity contribution in [2.45, 2.75) is 6.42 Å². The van der Waals surface area contributed by atoms with Crippen LogP contribution in [-0.4, -0.2) is 27.4 Å². The molecule has 0 aliphatic rings. The van der Waals surface area contributed by atoms with Crippen molar-refractivity contribution in [3.63, 3.8) is 0 Å². The monoisotopic (exact) mass is 317 g/mol. The molecule has 0 atom stereocenters. The number of hydrogen-bond donors (Lipinski definition) is 2. The van der Waals surface area contributed by atoms with Crippen molar-refractivity contribution >= 4 is 46.1 Å². The molecule has 0 aliphatic carbocycles. The van der Waals surface area contributed by atoms with E-state index in [4.69, 9.17) is 28.9 Å². The Morgan fingerprint density at radius 1 is 1.37 bits per heavy atom. The Bertz CT molecular complexity index is 583. The predicted octanol–water partition coefficient (Wildman–Crippen LogP) is 1.99. The number of nitrogens with one attached hydrogen (secondary N) is 1. The van der Waals surface area contributed by atoms with Gasteiger partial charge in [-0.15, -0.1) is 11.3 Å². The van der Waals surface area contributed by atoms with Gasteiger partial charge in [0.2, 0.25) is 0 Å². The van der Waals surface area contributed by atoms with E-state index in [-0.39, 0.29) is 21.7 Å². The molecule has 0 fully saturated rings. The van der Waals surface area contributed by atoms with Gasteiger partial charge < -0.3 is 11.1 Å². The molecule has 100 valence electrons. The van der Waals surface area contributed by atoms with Crippen molar-refractivity contribution in [3.05, 3.63) is 32.7 Å². The molecule has 2 aromatic heterocycles. The first kappa shape index (κ1) is 14.1. The number of anilines is 1. The van der Waals surface area contributed by atoms with E-state index in [9.17, 15) is 4.79 Å². The molecule has 2 aromatic rings. The average molecular weight is 318 g/mol. The van der Waals surface area contributed by atoms with Gasteiger partial charge in [0, 0.05) is 11.8 Å². The largest absolute Gasteiger partial charge is 0.330 e. The minimum Gasteiger partial charge on any atom is -0.330 e. The van der Waals surface area contributed by atoms with E-state index < -0.39 is 5.91 Å². The molecule has 0 saturated heterocycles. The van der Waals surface area contributed by atoms with Crippen LogP contribution in [0.25, 0.3) is 0 Å². The molecule has 1 amide bonds. The Morgan fingerprint density at radius 2 is 2.05 bits per heavy atom. The van der Waals surface area contributed by atoms with Gasteiger partial charge in [0.05, 0.1) is 5.01 Å². The van der Waals surface area contributed by atoms with Crippen LogP contribution < -0.4 is 11.1 Å². The maximum Gasteiger partial charge on any atom is 0.275 e. The molecule has 19 heavy (non-hydrogen) atoms. The molecular formula is C10H9Cl2N5OS. The molecule has 2 rings (SSSR count). The molecule has 9 heteroatoms. The minimum absolute atomic E-state index is 0.0748. The van der Waals surface area contributed by atoms with Crippen LogP contribution in [0.5, 0.6) is 0 Å². The molecule has 6 nitrogen and oxygen atoms in total. The van der Waals surface area contributed by atoms with Gasteiger partial charge in [0.15, 0.2) is 10.3 Å². The molecule has 0 saturated carbocycles. The standard InChI is InChI=1S/C10H9Cl2N5OS/c11-8-7(9(12)15-4-14-8)17-10(18)5-3-19-6(16-5)1-2-13/h3-4H,1-2,13H2,(H,17,18). The molecule has 0 unspecified atom stereocenters. The van der Waals surface area contributed by atoms with Crippen LogP contribution in [0.2, 0.25) is 10.3 Å². The molecule has 2 heterocycles. The number of nitrogens with two attached hydrogens (primary N) is 1. The Morgan fingerprint density at radius 3 is 2.68 bits per heavy atom. The second kappa shape index (κ2) is 6.25.